The maximum atomic E-state index is 12.4. The van der Waals surface area contributed by atoms with E-state index in [0.717, 1.165) is 38.8 Å². The molecule has 1 atom stereocenters. The summed E-state index contributed by atoms with van der Waals surface area (Å²) in [4.78, 5) is 26.3. The first-order valence-electron chi connectivity index (χ1n) is 9.40. The molecular formula is C21H26N2O5. The third kappa shape index (κ3) is 6.31. The molecule has 1 aromatic carbocycles. The Bertz CT molecular complexity index is 746. The fourth-order valence-corrected chi connectivity index (χ4v) is 2.99. The van der Waals surface area contributed by atoms with Crippen molar-refractivity contribution < 1.29 is 23.8 Å². The second kappa shape index (κ2) is 11.0. The van der Waals surface area contributed by atoms with Crippen LogP contribution in [0.25, 0.3) is 6.08 Å². The van der Waals surface area contributed by atoms with Crippen LogP contribution in [0.3, 0.4) is 0 Å². The van der Waals surface area contributed by atoms with E-state index in [1.807, 2.05) is 6.07 Å². The Balaban J connectivity index is 1.93. The quantitative estimate of drug-likeness (QED) is 0.529. The minimum Gasteiger partial charge on any atom is -0.493 e. The molecule has 0 unspecified atom stereocenters. The molecule has 2 rings (SSSR count). The number of ether oxygens (including phenoxy) is 3. The van der Waals surface area contributed by atoms with Crippen LogP contribution in [0, 0.1) is 11.3 Å². The minimum absolute atomic E-state index is 0.0825. The topological polar surface area (TPSA) is 88.9 Å². The van der Waals surface area contributed by atoms with E-state index in [1.165, 1.54) is 13.2 Å². The summed E-state index contributed by atoms with van der Waals surface area (Å²) in [6.45, 7) is 2.96. The number of nitriles is 1. The maximum Gasteiger partial charge on any atom is 0.331 e. The lowest BCUT2D eigenvalue weighted by Crippen LogP contribution is -2.40. The van der Waals surface area contributed by atoms with Gasteiger partial charge in [-0.1, -0.05) is 18.9 Å². The molecule has 1 saturated heterocycles. The van der Waals surface area contributed by atoms with E-state index >= 15 is 0 Å². The van der Waals surface area contributed by atoms with Crippen molar-refractivity contribution in [1.82, 2.24) is 4.90 Å². The van der Waals surface area contributed by atoms with Crippen LogP contribution < -0.4 is 9.47 Å². The van der Waals surface area contributed by atoms with Gasteiger partial charge >= 0.3 is 5.97 Å². The third-order valence-electron chi connectivity index (χ3n) is 4.45. The summed E-state index contributed by atoms with van der Waals surface area (Å²) in [5.74, 6) is 0.166. The van der Waals surface area contributed by atoms with Crippen molar-refractivity contribution >= 4 is 18.0 Å². The van der Waals surface area contributed by atoms with Crippen LogP contribution >= 0.6 is 0 Å². The Morgan fingerprint density at radius 1 is 1.21 bits per heavy atom. The monoisotopic (exact) mass is 386 g/mol. The number of carbonyl (C=O) groups excluding carboxylic acids is 2. The van der Waals surface area contributed by atoms with E-state index in [2.05, 4.69) is 0 Å². The van der Waals surface area contributed by atoms with Crippen LogP contribution in [-0.4, -0.2) is 49.7 Å². The highest BCUT2D eigenvalue weighted by molar-refractivity contribution is 5.90. The van der Waals surface area contributed by atoms with Gasteiger partial charge in [-0.05, 0) is 43.5 Å². The molecule has 0 aromatic heterocycles. The summed E-state index contributed by atoms with van der Waals surface area (Å²) >= 11 is 0. The molecule has 1 aliphatic rings. The van der Waals surface area contributed by atoms with Crippen LogP contribution in [0.2, 0.25) is 0 Å². The highest BCUT2D eigenvalue weighted by atomic mass is 16.5. The normalized spacial score (nSPS) is 15.4. The number of hydrogen-bond acceptors (Lipinski definition) is 6. The zero-order valence-electron chi connectivity index (χ0n) is 16.3. The summed E-state index contributed by atoms with van der Waals surface area (Å²) in [5.41, 5.74) is 0.699. The first kappa shape index (κ1) is 21.3. The number of esters is 1. The summed E-state index contributed by atoms with van der Waals surface area (Å²) < 4.78 is 15.7. The summed E-state index contributed by atoms with van der Waals surface area (Å²) in [6.07, 6.45) is 6.27. The van der Waals surface area contributed by atoms with Gasteiger partial charge in [0.05, 0.1) is 7.11 Å². The lowest BCUT2D eigenvalue weighted by Gasteiger charge is -2.23. The number of carbonyl (C=O) groups is 2. The van der Waals surface area contributed by atoms with Gasteiger partial charge in [0, 0.05) is 19.2 Å². The molecule has 28 heavy (non-hydrogen) atoms. The van der Waals surface area contributed by atoms with Crippen LogP contribution in [0.5, 0.6) is 11.5 Å². The van der Waals surface area contributed by atoms with E-state index in [9.17, 15) is 9.59 Å². The second-order valence-electron chi connectivity index (χ2n) is 6.51. The lowest BCUT2D eigenvalue weighted by atomic mass is 10.2. The number of benzene rings is 1. The molecule has 0 spiro atoms. The minimum atomic E-state index is -0.813. The first-order chi connectivity index (χ1) is 13.5. The fourth-order valence-electron chi connectivity index (χ4n) is 2.99. The Labute approximate surface area is 165 Å². The van der Waals surface area contributed by atoms with Crippen LogP contribution in [0.4, 0.5) is 0 Å². The van der Waals surface area contributed by atoms with E-state index in [4.69, 9.17) is 19.5 Å². The number of likely N-dealkylation sites (tertiary alicyclic amines) is 1. The van der Waals surface area contributed by atoms with Gasteiger partial charge in [0.2, 0.25) is 0 Å². The van der Waals surface area contributed by atoms with Crippen LogP contribution in [0.15, 0.2) is 24.3 Å². The highest BCUT2D eigenvalue weighted by Crippen LogP contribution is 2.28. The Morgan fingerprint density at radius 3 is 2.57 bits per heavy atom. The van der Waals surface area contributed by atoms with Gasteiger partial charge in [-0.2, -0.15) is 5.26 Å². The van der Waals surface area contributed by atoms with Gasteiger partial charge < -0.3 is 19.1 Å². The molecule has 0 aliphatic carbocycles. The molecule has 0 bridgehead atoms. The third-order valence-corrected chi connectivity index (χ3v) is 4.45. The van der Waals surface area contributed by atoms with Crippen LogP contribution in [-0.2, 0) is 14.3 Å². The second-order valence-corrected chi connectivity index (χ2v) is 6.51. The molecule has 1 aliphatic heterocycles. The largest absolute Gasteiger partial charge is 0.493 e. The Kier molecular flexibility index (Phi) is 8.35. The fraction of sp³-hybridized carbons (Fsp3) is 0.476. The summed E-state index contributed by atoms with van der Waals surface area (Å²) in [6, 6.07) is 6.96. The molecule has 1 fully saturated rings. The zero-order valence-corrected chi connectivity index (χ0v) is 16.3. The molecule has 1 amide bonds. The zero-order chi connectivity index (χ0) is 20.4. The van der Waals surface area contributed by atoms with Gasteiger partial charge in [0.15, 0.2) is 24.2 Å². The van der Waals surface area contributed by atoms with Crippen molar-refractivity contribution in [2.24, 2.45) is 0 Å². The van der Waals surface area contributed by atoms with Crippen LogP contribution in [0.1, 0.15) is 38.2 Å². The van der Waals surface area contributed by atoms with Crippen molar-refractivity contribution in [1.29, 1.82) is 5.26 Å². The molecule has 7 heteroatoms. The predicted molar refractivity (Wildman–Crippen MR) is 104 cm³/mol. The van der Waals surface area contributed by atoms with E-state index in [1.54, 1.807) is 36.1 Å². The molecule has 0 radical (unpaired) electrons. The lowest BCUT2D eigenvalue weighted by molar-refractivity contribution is -0.155. The highest BCUT2D eigenvalue weighted by Gasteiger charge is 2.23. The summed E-state index contributed by atoms with van der Waals surface area (Å²) in [7, 11) is 1.49. The van der Waals surface area contributed by atoms with Gasteiger partial charge in [-0.15, -0.1) is 0 Å². The average Bonchev–Trinajstić information content (AvgIpc) is 2.99. The van der Waals surface area contributed by atoms with Gasteiger partial charge in [-0.3, -0.25) is 4.79 Å². The molecule has 1 heterocycles. The molecule has 7 nitrogen and oxygen atoms in total. The van der Waals surface area contributed by atoms with Crippen molar-refractivity contribution in [3.63, 3.8) is 0 Å². The maximum absolute atomic E-state index is 12.4. The Hall–Kier alpha value is -3.01. The van der Waals surface area contributed by atoms with Crippen molar-refractivity contribution in [3.8, 4) is 17.6 Å². The number of rotatable bonds is 7. The molecule has 0 saturated carbocycles. The molecule has 1 aromatic rings. The SMILES string of the molecule is COc1cc(/C=C/C(=O)O[C@H](C)C(=O)N2CCCCCC2)ccc1OCC#N. The Morgan fingerprint density at radius 2 is 1.93 bits per heavy atom. The average molecular weight is 386 g/mol. The van der Waals surface area contributed by atoms with Gasteiger partial charge in [0.25, 0.3) is 5.91 Å². The van der Waals surface area contributed by atoms with Crippen molar-refractivity contribution in [2.75, 3.05) is 26.8 Å². The van der Waals surface area contributed by atoms with Crippen molar-refractivity contribution in [3.05, 3.63) is 29.8 Å². The summed E-state index contributed by atoms with van der Waals surface area (Å²) in [5, 5.41) is 8.59. The van der Waals surface area contributed by atoms with Crippen molar-refractivity contribution in [2.45, 2.75) is 38.7 Å². The molecular weight excluding hydrogens is 360 g/mol. The number of amides is 1. The molecule has 0 N–H and O–H groups in total. The van der Waals surface area contributed by atoms with Gasteiger partial charge in [-0.25, -0.2) is 4.79 Å². The van der Waals surface area contributed by atoms with E-state index in [-0.39, 0.29) is 12.5 Å². The first-order valence-corrected chi connectivity index (χ1v) is 9.40. The number of hydrogen-bond donors (Lipinski definition) is 0. The van der Waals surface area contributed by atoms with E-state index in [0.29, 0.717) is 17.1 Å². The standard InChI is InChI=1S/C21H26N2O5/c1-16(21(25)23-12-5-3-4-6-13-23)28-20(24)10-8-17-7-9-18(27-14-11-22)19(15-17)26-2/h7-10,15-16H,3-6,12-14H2,1-2H3/b10-8+/t16-/m1/s1. The van der Waals surface area contributed by atoms with Gasteiger partial charge in [0.1, 0.15) is 6.07 Å². The number of methoxy groups -OCH3 is 1. The smallest absolute Gasteiger partial charge is 0.331 e. The van der Waals surface area contributed by atoms with E-state index < -0.39 is 12.1 Å². The molecule has 150 valence electrons. The number of nitrogens with zero attached hydrogens (tertiary/aromatic N) is 2. The predicted octanol–water partition coefficient (Wildman–Crippen LogP) is 2.95.